The Morgan fingerprint density at radius 3 is 2.93 bits per heavy atom. The van der Waals surface area contributed by atoms with E-state index in [1.54, 1.807) is 11.0 Å². The van der Waals surface area contributed by atoms with Crippen molar-refractivity contribution in [2.75, 3.05) is 0 Å². The maximum Gasteiger partial charge on any atom is 0.155 e. The number of rotatable bonds is 1. The van der Waals surface area contributed by atoms with E-state index in [-0.39, 0.29) is 0 Å². The third kappa shape index (κ3) is 1.52. The van der Waals surface area contributed by atoms with Gasteiger partial charge in [0.25, 0.3) is 0 Å². The van der Waals surface area contributed by atoms with Crippen LogP contribution in [0.5, 0.6) is 0 Å². The summed E-state index contributed by atoms with van der Waals surface area (Å²) < 4.78 is 1.70. The molecule has 1 aliphatic carbocycles. The molecule has 4 heteroatoms. The quantitative estimate of drug-likeness (QED) is 0.701. The van der Waals surface area contributed by atoms with E-state index in [4.69, 9.17) is 0 Å². The highest BCUT2D eigenvalue weighted by Gasteiger charge is 2.11. The fraction of sp³-hybridized carbons (Fsp3) is 0.364. The second-order valence-corrected chi connectivity index (χ2v) is 3.82. The van der Waals surface area contributed by atoms with Gasteiger partial charge in [0.1, 0.15) is 12.7 Å². The van der Waals surface area contributed by atoms with Crippen LogP contribution < -0.4 is 0 Å². The van der Waals surface area contributed by atoms with Crippen molar-refractivity contribution in [1.29, 1.82) is 0 Å². The molecule has 2 aromatic heterocycles. The zero-order valence-corrected chi connectivity index (χ0v) is 8.43. The Hall–Kier alpha value is -1.71. The van der Waals surface area contributed by atoms with Crippen molar-refractivity contribution in [1.82, 2.24) is 19.7 Å². The number of hydrogen-bond acceptors (Lipinski definition) is 3. The van der Waals surface area contributed by atoms with Crippen LogP contribution in [0.1, 0.15) is 24.1 Å². The summed E-state index contributed by atoms with van der Waals surface area (Å²) in [4.78, 5) is 8.54. The van der Waals surface area contributed by atoms with E-state index < -0.39 is 0 Å². The summed E-state index contributed by atoms with van der Waals surface area (Å²) in [6.45, 7) is 0. The van der Waals surface area contributed by atoms with Gasteiger partial charge in [-0.1, -0.05) is 6.07 Å². The lowest BCUT2D eigenvalue weighted by Crippen LogP contribution is -2.08. The first-order valence-corrected chi connectivity index (χ1v) is 5.27. The smallest absolute Gasteiger partial charge is 0.155 e. The van der Waals surface area contributed by atoms with Gasteiger partial charge in [-0.15, -0.1) is 0 Å². The molecule has 0 N–H and O–H groups in total. The molecule has 0 fully saturated rings. The molecule has 0 saturated heterocycles. The van der Waals surface area contributed by atoms with Gasteiger partial charge in [-0.05, 0) is 37.3 Å². The van der Waals surface area contributed by atoms with Crippen molar-refractivity contribution < 1.29 is 0 Å². The van der Waals surface area contributed by atoms with Crippen molar-refractivity contribution in [3.8, 4) is 5.82 Å². The standard InChI is InChI=1S/C11H12N4/c1-2-4-10-9(3-1)5-6-11(14-10)15-8-12-7-13-15/h5-8H,1-4H2. The van der Waals surface area contributed by atoms with Crippen molar-refractivity contribution in [3.05, 3.63) is 36.0 Å². The fourth-order valence-electron chi connectivity index (χ4n) is 2.02. The summed E-state index contributed by atoms with van der Waals surface area (Å²) in [5.41, 5.74) is 2.62. The Morgan fingerprint density at radius 1 is 1.13 bits per heavy atom. The molecule has 0 radical (unpaired) electrons. The molecule has 3 rings (SSSR count). The third-order valence-electron chi connectivity index (χ3n) is 2.82. The molecular weight excluding hydrogens is 188 g/mol. The number of hydrogen-bond donors (Lipinski definition) is 0. The Kier molecular flexibility index (Phi) is 1.98. The molecule has 76 valence electrons. The lowest BCUT2D eigenvalue weighted by Gasteiger charge is -2.14. The van der Waals surface area contributed by atoms with Crippen LogP contribution in [0, 0.1) is 0 Å². The molecular formula is C11H12N4. The summed E-state index contributed by atoms with van der Waals surface area (Å²) in [6.07, 6.45) is 8.01. The van der Waals surface area contributed by atoms with Crippen LogP contribution in [0.15, 0.2) is 24.8 Å². The maximum atomic E-state index is 4.62. The Balaban J connectivity index is 2.04. The van der Waals surface area contributed by atoms with E-state index in [2.05, 4.69) is 21.1 Å². The van der Waals surface area contributed by atoms with Crippen molar-refractivity contribution in [2.24, 2.45) is 0 Å². The fourth-order valence-corrected chi connectivity index (χ4v) is 2.02. The number of fused-ring (bicyclic) bond motifs is 1. The number of nitrogens with zero attached hydrogens (tertiary/aromatic N) is 4. The second kappa shape index (κ2) is 3.46. The molecule has 0 aromatic carbocycles. The SMILES string of the molecule is c1ncn(-c2ccc3c(n2)CCCC3)n1. The highest BCUT2D eigenvalue weighted by molar-refractivity contribution is 5.31. The molecule has 2 heterocycles. The normalized spacial score (nSPS) is 14.9. The van der Waals surface area contributed by atoms with E-state index in [9.17, 15) is 0 Å². The van der Waals surface area contributed by atoms with E-state index in [1.807, 2.05) is 6.07 Å². The minimum Gasteiger partial charge on any atom is -0.233 e. The van der Waals surface area contributed by atoms with Gasteiger partial charge in [0.2, 0.25) is 0 Å². The van der Waals surface area contributed by atoms with E-state index in [1.165, 1.54) is 36.8 Å². The predicted molar refractivity (Wildman–Crippen MR) is 55.8 cm³/mol. The van der Waals surface area contributed by atoms with Gasteiger partial charge in [-0.3, -0.25) is 0 Å². The van der Waals surface area contributed by atoms with Gasteiger partial charge in [0, 0.05) is 5.69 Å². The van der Waals surface area contributed by atoms with Crippen LogP contribution in [0.2, 0.25) is 0 Å². The van der Waals surface area contributed by atoms with Crippen LogP contribution in [0.4, 0.5) is 0 Å². The molecule has 0 spiro atoms. The highest BCUT2D eigenvalue weighted by Crippen LogP contribution is 2.20. The van der Waals surface area contributed by atoms with E-state index in [0.29, 0.717) is 0 Å². The van der Waals surface area contributed by atoms with Crippen molar-refractivity contribution >= 4 is 0 Å². The number of aryl methyl sites for hydroxylation is 2. The monoisotopic (exact) mass is 200 g/mol. The molecule has 15 heavy (non-hydrogen) atoms. The Bertz CT molecular complexity index is 461. The predicted octanol–water partition coefficient (Wildman–Crippen LogP) is 1.54. The largest absolute Gasteiger partial charge is 0.233 e. The first-order valence-electron chi connectivity index (χ1n) is 5.27. The first kappa shape index (κ1) is 8.59. The van der Waals surface area contributed by atoms with Crippen LogP contribution in [0.25, 0.3) is 5.82 Å². The third-order valence-corrected chi connectivity index (χ3v) is 2.82. The summed E-state index contributed by atoms with van der Waals surface area (Å²) in [5, 5.41) is 4.08. The number of aromatic nitrogens is 4. The summed E-state index contributed by atoms with van der Waals surface area (Å²) in [6, 6.07) is 4.18. The second-order valence-electron chi connectivity index (χ2n) is 3.82. The topological polar surface area (TPSA) is 43.6 Å². The van der Waals surface area contributed by atoms with Crippen LogP contribution >= 0.6 is 0 Å². The Labute approximate surface area is 88.0 Å². The summed E-state index contributed by atoms with van der Waals surface area (Å²) in [7, 11) is 0. The van der Waals surface area contributed by atoms with Gasteiger partial charge in [-0.2, -0.15) is 5.10 Å². The van der Waals surface area contributed by atoms with E-state index >= 15 is 0 Å². The van der Waals surface area contributed by atoms with E-state index in [0.717, 1.165) is 12.2 Å². The molecule has 0 unspecified atom stereocenters. The van der Waals surface area contributed by atoms with Crippen LogP contribution in [0.3, 0.4) is 0 Å². The molecule has 2 aromatic rings. The minimum atomic E-state index is 0.869. The molecule has 0 aliphatic heterocycles. The van der Waals surface area contributed by atoms with Gasteiger partial charge in [0.15, 0.2) is 5.82 Å². The van der Waals surface area contributed by atoms with Crippen molar-refractivity contribution in [3.63, 3.8) is 0 Å². The average Bonchev–Trinajstić information content (AvgIpc) is 2.82. The lowest BCUT2D eigenvalue weighted by atomic mass is 9.96. The zero-order chi connectivity index (χ0) is 10.1. The van der Waals surface area contributed by atoms with Crippen LogP contribution in [-0.4, -0.2) is 19.7 Å². The van der Waals surface area contributed by atoms with Gasteiger partial charge >= 0.3 is 0 Å². The van der Waals surface area contributed by atoms with Gasteiger partial charge in [-0.25, -0.2) is 14.6 Å². The van der Waals surface area contributed by atoms with Gasteiger partial charge in [0.05, 0.1) is 0 Å². The minimum absolute atomic E-state index is 0.869. The molecule has 4 nitrogen and oxygen atoms in total. The van der Waals surface area contributed by atoms with Gasteiger partial charge < -0.3 is 0 Å². The Morgan fingerprint density at radius 2 is 2.07 bits per heavy atom. The first-order chi connectivity index (χ1) is 7.43. The molecule has 0 bridgehead atoms. The lowest BCUT2D eigenvalue weighted by molar-refractivity contribution is 0.662. The number of pyridine rings is 1. The highest BCUT2D eigenvalue weighted by atomic mass is 15.3. The van der Waals surface area contributed by atoms with Crippen molar-refractivity contribution in [2.45, 2.75) is 25.7 Å². The summed E-state index contributed by atoms with van der Waals surface area (Å²) in [5.74, 6) is 0.869. The maximum absolute atomic E-state index is 4.62. The molecule has 0 atom stereocenters. The molecule has 0 saturated carbocycles. The molecule has 1 aliphatic rings. The average molecular weight is 200 g/mol. The van der Waals surface area contributed by atoms with Crippen LogP contribution in [-0.2, 0) is 12.8 Å². The summed E-state index contributed by atoms with van der Waals surface area (Å²) >= 11 is 0. The molecule has 0 amide bonds. The zero-order valence-electron chi connectivity index (χ0n) is 8.43.